The average Bonchev–Trinajstić information content (AvgIpc) is 3.27. The molecular weight excluding hydrogens is 606 g/mol. The fraction of sp³-hybridized carbons (Fsp3) is 0.152. The number of imide groups is 1. The number of carbonyl (C=O) groups is 4. The van der Waals surface area contributed by atoms with Crippen molar-refractivity contribution in [3.05, 3.63) is 135 Å². The molecule has 0 N–H and O–H groups in total. The molecule has 1 aliphatic heterocycles. The maximum Gasteiger partial charge on any atom is 0.338 e. The van der Waals surface area contributed by atoms with Gasteiger partial charge in [-0.3, -0.25) is 14.4 Å². The lowest BCUT2D eigenvalue weighted by molar-refractivity contribution is -0.122. The predicted octanol–water partition coefficient (Wildman–Crippen LogP) is 6.28. The Balaban J connectivity index is 1.15. The van der Waals surface area contributed by atoms with E-state index in [2.05, 4.69) is 15.9 Å². The van der Waals surface area contributed by atoms with Crippen LogP contribution in [0.1, 0.15) is 48.9 Å². The Morgan fingerprint density at radius 1 is 0.780 bits per heavy atom. The van der Waals surface area contributed by atoms with Gasteiger partial charge >= 0.3 is 5.97 Å². The molecule has 2 unspecified atom stereocenters. The first-order valence-corrected chi connectivity index (χ1v) is 14.3. The van der Waals surface area contributed by atoms with Gasteiger partial charge in [0, 0.05) is 16.5 Å². The first-order chi connectivity index (χ1) is 19.8. The molecule has 4 aliphatic rings. The number of carbonyl (C=O) groups excluding carboxylic acids is 4. The molecule has 6 nitrogen and oxygen atoms in total. The molecule has 4 aromatic rings. The highest BCUT2D eigenvalue weighted by molar-refractivity contribution is 9.09. The number of hydrogen-bond acceptors (Lipinski definition) is 5. The minimum Gasteiger partial charge on any atom is -0.454 e. The number of Topliss-reactive ketones (excluding diaryl/α,β-unsaturated/α-hetero) is 1. The third-order valence-corrected chi connectivity index (χ3v) is 9.98. The Morgan fingerprint density at radius 2 is 1.34 bits per heavy atom. The van der Waals surface area contributed by atoms with Crippen LogP contribution in [-0.2, 0) is 18.7 Å². The van der Waals surface area contributed by atoms with E-state index in [9.17, 15) is 19.2 Å². The molecule has 0 radical (unpaired) electrons. The Hall–Kier alpha value is -4.07. The SMILES string of the molecule is O=C(COC(=O)c1ccc(N2C(=O)C3C4c5ccccc5C(Br)(c5ccccc54)C3C2=O)cc1)c1ccc(Cl)cc1. The number of rotatable bonds is 5. The van der Waals surface area contributed by atoms with Crippen LogP contribution >= 0.6 is 27.5 Å². The summed E-state index contributed by atoms with van der Waals surface area (Å²) in [5, 5.41) is 0.501. The number of hydrogen-bond donors (Lipinski definition) is 0. The predicted molar refractivity (Wildman–Crippen MR) is 156 cm³/mol. The van der Waals surface area contributed by atoms with Crippen molar-refractivity contribution >= 4 is 56.8 Å². The van der Waals surface area contributed by atoms with Crippen molar-refractivity contribution in [2.75, 3.05) is 11.5 Å². The van der Waals surface area contributed by atoms with Crippen molar-refractivity contribution in [1.29, 1.82) is 0 Å². The molecule has 41 heavy (non-hydrogen) atoms. The van der Waals surface area contributed by atoms with E-state index in [1.165, 1.54) is 17.0 Å². The van der Waals surface area contributed by atoms with Gasteiger partial charge in [-0.05, 0) is 70.8 Å². The van der Waals surface area contributed by atoms with Gasteiger partial charge < -0.3 is 4.74 Å². The molecule has 8 rings (SSSR count). The van der Waals surface area contributed by atoms with Crippen LogP contribution in [0.2, 0.25) is 5.02 Å². The van der Waals surface area contributed by atoms with E-state index in [0.717, 1.165) is 22.3 Å². The van der Waals surface area contributed by atoms with Crippen molar-refractivity contribution in [2.45, 2.75) is 10.2 Å². The molecule has 4 aromatic carbocycles. The standard InChI is InChI=1S/C33H21BrClNO5/c34-33-24-7-3-1-5-22(24)27(23-6-2-4-8-25(23)33)28-29(33)31(39)36(30(28)38)21-15-11-19(12-16-21)32(40)41-17-26(37)18-9-13-20(35)14-10-18/h1-16,27-29H,17H2. The summed E-state index contributed by atoms with van der Waals surface area (Å²) in [6.07, 6.45) is 0. The minimum absolute atomic E-state index is 0.200. The lowest BCUT2D eigenvalue weighted by Crippen LogP contribution is -2.50. The molecule has 2 atom stereocenters. The normalized spacial score (nSPS) is 23.6. The summed E-state index contributed by atoms with van der Waals surface area (Å²) in [6.45, 7) is -0.426. The second-order valence-electron chi connectivity index (χ2n) is 10.4. The van der Waals surface area contributed by atoms with Gasteiger partial charge in [-0.2, -0.15) is 0 Å². The van der Waals surface area contributed by atoms with Gasteiger partial charge in [0.05, 0.1) is 27.4 Å². The second kappa shape index (κ2) is 9.50. The summed E-state index contributed by atoms with van der Waals surface area (Å²) < 4.78 is 4.37. The maximum atomic E-state index is 14.1. The molecule has 8 heteroatoms. The second-order valence-corrected chi connectivity index (χ2v) is 12.1. The highest BCUT2D eigenvalue weighted by Gasteiger charge is 2.67. The molecule has 0 aromatic heterocycles. The van der Waals surface area contributed by atoms with Crippen molar-refractivity contribution < 1.29 is 23.9 Å². The van der Waals surface area contributed by atoms with Crippen LogP contribution in [0.25, 0.3) is 0 Å². The zero-order valence-corrected chi connectivity index (χ0v) is 23.8. The van der Waals surface area contributed by atoms with E-state index < -0.39 is 28.7 Å². The van der Waals surface area contributed by atoms with Crippen LogP contribution in [-0.4, -0.2) is 30.2 Å². The number of halogens is 2. The molecule has 2 amide bonds. The number of amides is 2. The quantitative estimate of drug-likeness (QED) is 0.113. The van der Waals surface area contributed by atoms with Gasteiger partial charge in [-0.1, -0.05) is 76.1 Å². The summed E-state index contributed by atoms with van der Waals surface area (Å²) in [5.74, 6) is -3.00. The summed E-state index contributed by atoms with van der Waals surface area (Å²) in [7, 11) is 0. The third-order valence-electron chi connectivity index (χ3n) is 8.38. The van der Waals surface area contributed by atoms with Gasteiger partial charge in [0.15, 0.2) is 12.4 Å². The summed E-state index contributed by atoms with van der Waals surface area (Å²) in [4.78, 5) is 54.3. The first-order valence-electron chi connectivity index (χ1n) is 13.1. The van der Waals surface area contributed by atoms with E-state index in [-0.39, 0.29) is 29.1 Å². The topological polar surface area (TPSA) is 80.8 Å². The molecule has 202 valence electrons. The molecule has 0 spiro atoms. The highest BCUT2D eigenvalue weighted by atomic mass is 79.9. The number of alkyl halides is 1. The number of nitrogens with zero attached hydrogens (tertiary/aromatic N) is 1. The van der Waals surface area contributed by atoms with Gasteiger partial charge in [-0.15, -0.1) is 0 Å². The number of ether oxygens (including phenoxy) is 1. The molecule has 0 saturated carbocycles. The van der Waals surface area contributed by atoms with Crippen molar-refractivity contribution in [2.24, 2.45) is 11.8 Å². The lowest BCUT2D eigenvalue weighted by Gasteiger charge is -2.51. The largest absolute Gasteiger partial charge is 0.454 e. The van der Waals surface area contributed by atoms with Crippen LogP contribution in [0.3, 0.4) is 0 Å². The molecule has 1 heterocycles. The zero-order valence-electron chi connectivity index (χ0n) is 21.4. The molecule has 3 aliphatic carbocycles. The van der Waals surface area contributed by atoms with Crippen LogP contribution in [0.15, 0.2) is 97.1 Å². The Morgan fingerprint density at radius 3 is 1.95 bits per heavy atom. The van der Waals surface area contributed by atoms with Crippen molar-refractivity contribution in [3.63, 3.8) is 0 Å². The average molecular weight is 627 g/mol. The maximum absolute atomic E-state index is 14.1. The summed E-state index contributed by atoms with van der Waals surface area (Å²) >= 11 is 9.85. The van der Waals surface area contributed by atoms with Crippen LogP contribution in [0.5, 0.6) is 0 Å². The van der Waals surface area contributed by atoms with E-state index >= 15 is 0 Å². The van der Waals surface area contributed by atoms with E-state index in [0.29, 0.717) is 16.3 Å². The highest BCUT2D eigenvalue weighted by Crippen LogP contribution is 2.66. The molecular formula is C33H21BrClNO5. The van der Waals surface area contributed by atoms with Crippen molar-refractivity contribution in [3.8, 4) is 0 Å². The van der Waals surface area contributed by atoms with E-state index in [1.807, 2.05) is 48.5 Å². The Bertz CT molecular complexity index is 1720. The number of benzene rings is 4. The van der Waals surface area contributed by atoms with Crippen LogP contribution < -0.4 is 4.90 Å². The molecule has 1 saturated heterocycles. The summed E-state index contributed by atoms with van der Waals surface area (Å²) in [5.41, 5.74) is 5.10. The van der Waals surface area contributed by atoms with Gasteiger partial charge in [-0.25, -0.2) is 9.69 Å². The lowest BCUT2D eigenvalue weighted by atomic mass is 9.55. The molecule has 2 bridgehead atoms. The Kier molecular flexibility index (Phi) is 5.99. The van der Waals surface area contributed by atoms with Crippen LogP contribution in [0, 0.1) is 11.8 Å². The van der Waals surface area contributed by atoms with Crippen molar-refractivity contribution in [1.82, 2.24) is 0 Å². The van der Waals surface area contributed by atoms with Crippen LogP contribution in [0.4, 0.5) is 5.69 Å². The third kappa shape index (κ3) is 3.76. The number of anilines is 1. The minimum atomic E-state index is -0.832. The Labute approximate surface area is 249 Å². The van der Waals surface area contributed by atoms with Gasteiger partial charge in [0.2, 0.25) is 11.8 Å². The van der Waals surface area contributed by atoms with E-state index in [4.69, 9.17) is 16.3 Å². The van der Waals surface area contributed by atoms with Gasteiger partial charge in [0.25, 0.3) is 0 Å². The zero-order chi connectivity index (χ0) is 28.5. The molecule has 1 fully saturated rings. The fourth-order valence-corrected chi connectivity index (χ4v) is 7.94. The fourth-order valence-electron chi connectivity index (χ4n) is 6.61. The number of ketones is 1. The summed E-state index contributed by atoms with van der Waals surface area (Å²) in [6, 6.07) is 28.4. The smallest absolute Gasteiger partial charge is 0.338 e. The monoisotopic (exact) mass is 625 g/mol. The van der Waals surface area contributed by atoms with E-state index in [1.54, 1.807) is 36.4 Å². The van der Waals surface area contributed by atoms with Gasteiger partial charge in [0.1, 0.15) is 0 Å². The number of esters is 1. The first kappa shape index (κ1) is 25.9.